The van der Waals surface area contributed by atoms with E-state index in [1.807, 2.05) is 43.5 Å². The summed E-state index contributed by atoms with van der Waals surface area (Å²) < 4.78 is 29.3. The molecule has 9 heteroatoms. The van der Waals surface area contributed by atoms with Crippen molar-refractivity contribution < 1.29 is 8.42 Å². The number of aromatic amines is 1. The van der Waals surface area contributed by atoms with E-state index < -0.39 is 10.0 Å². The standard InChI is InChI=1S/C23H27BrN4O2S.ClH/c1-2-10-31(29,30)28-14-19-12-20(24)8-9-23(19)27(15-21-13-25-17-26-21)16-22(28)11-18-6-4-3-5-7-18;/h3-9,12-13,17,22H,2,10-11,14-16H2,1H3,(H,25,26);1H/t22-;/m1./s1. The Morgan fingerprint density at radius 2 is 1.97 bits per heavy atom. The Hall–Kier alpha value is -1.87. The van der Waals surface area contributed by atoms with Crippen LogP contribution in [0.1, 0.15) is 30.2 Å². The fraction of sp³-hybridized carbons (Fsp3) is 0.348. The van der Waals surface area contributed by atoms with Crippen LogP contribution in [0.15, 0.2) is 65.5 Å². The Morgan fingerprint density at radius 3 is 2.66 bits per heavy atom. The summed E-state index contributed by atoms with van der Waals surface area (Å²) in [6, 6.07) is 16.1. The van der Waals surface area contributed by atoms with E-state index in [4.69, 9.17) is 0 Å². The number of imidazole rings is 1. The van der Waals surface area contributed by atoms with E-state index in [1.54, 1.807) is 10.6 Å². The molecule has 0 saturated carbocycles. The lowest BCUT2D eigenvalue weighted by Gasteiger charge is -2.32. The molecule has 4 rings (SSSR count). The molecule has 6 nitrogen and oxygen atoms in total. The fourth-order valence-electron chi connectivity index (χ4n) is 4.21. The molecule has 0 aliphatic carbocycles. The van der Waals surface area contributed by atoms with Crippen LogP contribution in [0.2, 0.25) is 0 Å². The van der Waals surface area contributed by atoms with Gasteiger partial charge in [-0.15, -0.1) is 12.4 Å². The van der Waals surface area contributed by atoms with E-state index in [0.29, 0.717) is 32.5 Å². The smallest absolute Gasteiger partial charge is 0.214 e. The number of H-pyrrole nitrogens is 1. The normalized spacial score (nSPS) is 16.8. The van der Waals surface area contributed by atoms with Crippen LogP contribution in [0.25, 0.3) is 0 Å². The topological polar surface area (TPSA) is 69.3 Å². The molecule has 0 radical (unpaired) electrons. The minimum absolute atomic E-state index is 0. The lowest BCUT2D eigenvalue weighted by Crippen LogP contribution is -2.46. The average molecular weight is 540 g/mol. The van der Waals surface area contributed by atoms with Crippen LogP contribution in [0.3, 0.4) is 0 Å². The van der Waals surface area contributed by atoms with Crippen LogP contribution in [0.5, 0.6) is 0 Å². The van der Waals surface area contributed by atoms with Crippen LogP contribution < -0.4 is 4.90 Å². The van der Waals surface area contributed by atoms with Gasteiger partial charge in [0.15, 0.2) is 0 Å². The van der Waals surface area contributed by atoms with Gasteiger partial charge in [0, 0.05) is 35.5 Å². The fourth-order valence-corrected chi connectivity index (χ4v) is 6.30. The van der Waals surface area contributed by atoms with Gasteiger partial charge in [0.2, 0.25) is 10.0 Å². The molecule has 172 valence electrons. The highest BCUT2D eigenvalue weighted by atomic mass is 79.9. The Bertz CT molecular complexity index is 1110. The Labute approximate surface area is 204 Å². The van der Waals surface area contributed by atoms with Crippen molar-refractivity contribution in [3.05, 3.63) is 82.3 Å². The molecule has 2 heterocycles. The first-order valence-electron chi connectivity index (χ1n) is 10.5. The summed E-state index contributed by atoms with van der Waals surface area (Å²) >= 11 is 3.56. The monoisotopic (exact) mass is 538 g/mol. The first-order chi connectivity index (χ1) is 15.0. The van der Waals surface area contributed by atoms with E-state index in [9.17, 15) is 8.42 Å². The molecule has 1 aliphatic heterocycles. The molecule has 2 aromatic carbocycles. The molecule has 1 aromatic heterocycles. The third-order valence-electron chi connectivity index (χ3n) is 5.59. The van der Waals surface area contributed by atoms with Gasteiger partial charge in [-0.3, -0.25) is 0 Å². The van der Waals surface area contributed by atoms with Crippen LogP contribution in [0.4, 0.5) is 5.69 Å². The first-order valence-corrected chi connectivity index (χ1v) is 12.9. The van der Waals surface area contributed by atoms with Crippen molar-refractivity contribution >= 4 is 44.0 Å². The summed E-state index contributed by atoms with van der Waals surface area (Å²) in [6.45, 7) is 3.49. The maximum atomic E-state index is 13.3. The minimum atomic E-state index is -3.40. The molecule has 0 unspecified atom stereocenters. The zero-order valence-electron chi connectivity index (χ0n) is 17.9. The summed E-state index contributed by atoms with van der Waals surface area (Å²) in [6.07, 6.45) is 4.82. The zero-order valence-corrected chi connectivity index (χ0v) is 21.2. The number of rotatable bonds is 7. The van der Waals surface area contributed by atoms with E-state index >= 15 is 0 Å². The first kappa shape index (κ1) is 24.8. The van der Waals surface area contributed by atoms with E-state index in [1.165, 1.54) is 0 Å². The quantitative estimate of drug-likeness (QED) is 0.470. The van der Waals surface area contributed by atoms with Gasteiger partial charge < -0.3 is 9.88 Å². The molecule has 0 spiro atoms. The third kappa shape index (κ3) is 5.73. The molecule has 3 aromatic rings. The Kier molecular flexibility index (Phi) is 8.38. The summed E-state index contributed by atoms with van der Waals surface area (Å²) in [7, 11) is -3.40. The summed E-state index contributed by atoms with van der Waals surface area (Å²) in [5.41, 5.74) is 4.12. The van der Waals surface area contributed by atoms with Crippen LogP contribution >= 0.6 is 28.3 Å². The second kappa shape index (κ2) is 10.8. The predicted octanol–water partition coefficient (Wildman–Crippen LogP) is 4.77. The lowest BCUT2D eigenvalue weighted by atomic mass is 10.1. The summed E-state index contributed by atoms with van der Waals surface area (Å²) in [4.78, 5) is 9.67. The van der Waals surface area contributed by atoms with Crippen LogP contribution in [-0.4, -0.2) is 41.0 Å². The van der Waals surface area contributed by atoms with Crippen LogP contribution in [0, 0.1) is 0 Å². The van der Waals surface area contributed by atoms with Crippen molar-refractivity contribution in [3.8, 4) is 0 Å². The van der Waals surface area contributed by atoms with E-state index in [-0.39, 0.29) is 24.2 Å². The third-order valence-corrected chi connectivity index (χ3v) is 8.15. The highest BCUT2D eigenvalue weighted by Gasteiger charge is 2.35. The maximum absolute atomic E-state index is 13.3. The molecule has 32 heavy (non-hydrogen) atoms. The molecule has 0 amide bonds. The van der Waals surface area contributed by atoms with E-state index in [2.05, 4.69) is 49.0 Å². The largest absolute Gasteiger partial charge is 0.364 e. The highest BCUT2D eigenvalue weighted by Crippen LogP contribution is 2.33. The Morgan fingerprint density at radius 1 is 1.19 bits per heavy atom. The predicted molar refractivity (Wildman–Crippen MR) is 135 cm³/mol. The van der Waals surface area contributed by atoms with Gasteiger partial charge in [0.25, 0.3) is 0 Å². The second-order valence-corrected chi connectivity index (χ2v) is 10.9. The van der Waals surface area contributed by atoms with Gasteiger partial charge in [0.05, 0.1) is 24.3 Å². The van der Waals surface area contributed by atoms with Crippen molar-refractivity contribution in [1.82, 2.24) is 14.3 Å². The van der Waals surface area contributed by atoms with E-state index in [0.717, 1.165) is 27.0 Å². The number of aromatic nitrogens is 2. The van der Waals surface area contributed by atoms with Gasteiger partial charge in [-0.25, -0.2) is 13.4 Å². The molecule has 0 saturated heterocycles. The van der Waals surface area contributed by atoms with Gasteiger partial charge in [0.1, 0.15) is 0 Å². The van der Waals surface area contributed by atoms with Crippen molar-refractivity contribution in [3.63, 3.8) is 0 Å². The number of nitrogens with zero attached hydrogens (tertiary/aromatic N) is 3. The summed E-state index contributed by atoms with van der Waals surface area (Å²) in [5.74, 6) is 0.154. The summed E-state index contributed by atoms with van der Waals surface area (Å²) in [5, 5.41) is 0. The van der Waals surface area contributed by atoms with Gasteiger partial charge in [-0.1, -0.05) is 53.2 Å². The van der Waals surface area contributed by atoms with Crippen molar-refractivity contribution in [1.29, 1.82) is 0 Å². The number of hydrogen-bond donors (Lipinski definition) is 1. The van der Waals surface area contributed by atoms with Crippen molar-refractivity contribution in [2.24, 2.45) is 0 Å². The number of nitrogens with one attached hydrogen (secondary N) is 1. The Balaban J connectivity index is 0.00000289. The molecular weight excluding hydrogens is 512 g/mol. The zero-order chi connectivity index (χ0) is 21.8. The molecule has 1 atom stereocenters. The average Bonchev–Trinajstić information content (AvgIpc) is 3.19. The number of hydrogen-bond acceptors (Lipinski definition) is 4. The number of sulfonamides is 1. The van der Waals surface area contributed by atoms with Crippen molar-refractivity contribution in [2.45, 2.75) is 38.9 Å². The number of fused-ring (bicyclic) bond motifs is 1. The maximum Gasteiger partial charge on any atom is 0.214 e. The SMILES string of the molecule is CCCS(=O)(=O)N1Cc2cc(Br)ccc2N(Cc2c[nH]cn2)C[C@H]1Cc1ccccc1.Cl. The molecule has 1 aliphatic rings. The minimum Gasteiger partial charge on any atom is -0.364 e. The number of anilines is 1. The lowest BCUT2D eigenvalue weighted by molar-refractivity contribution is 0.317. The van der Waals surface area contributed by atoms with Gasteiger partial charge in [-0.2, -0.15) is 4.31 Å². The highest BCUT2D eigenvalue weighted by molar-refractivity contribution is 9.10. The van der Waals surface area contributed by atoms with Gasteiger partial charge in [-0.05, 0) is 42.2 Å². The number of halogens is 2. The molecule has 1 N–H and O–H groups in total. The second-order valence-electron chi connectivity index (χ2n) is 7.92. The molecule has 0 fully saturated rings. The van der Waals surface area contributed by atoms with Crippen molar-refractivity contribution in [2.75, 3.05) is 17.2 Å². The molecular formula is C23H28BrClN4O2S. The van der Waals surface area contributed by atoms with Gasteiger partial charge >= 0.3 is 0 Å². The molecule has 0 bridgehead atoms. The van der Waals surface area contributed by atoms with Crippen LogP contribution in [-0.2, 0) is 29.5 Å². The number of benzene rings is 2.